The number of carbonyl (C=O) groups excluding carboxylic acids is 3. The van der Waals surface area contributed by atoms with Gasteiger partial charge in [0.2, 0.25) is 11.8 Å². The Bertz CT molecular complexity index is 1700. The maximum Gasteiger partial charge on any atom is 0.416 e. The van der Waals surface area contributed by atoms with E-state index < -0.39 is 82.9 Å². The molecule has 2 aromatic carbocycles. The topological polar surface area (TPSA) is 161 Å². The largest absolute Gasteiger partial charge is 0.479 e. The Balaban J connectivity index is 1.74. The van der Waals surface area contributed by atoms with Crippen molar-refractivity contribution in [2.45, 2.75) is 30.6 Å². The van der Waals surface area contributed by atoms with Crippen LogP contribution < -0.4 is 11.2 Å². The van der Waals surface area contributed by atoms with Crippen LogP contribution in [0.1, 0.15) is 27.0 Å². The Labute approximate surface area is 234 Å². The molecule has 42 heavy (non-hydrogen) atoms. The summed E-state index contributed by atoms with van der Waals surface area (Å²) in [5.41, 5.74) is -5.15. The van der Waals surface area contributed by atoms with Crippen molar-refractivity contribution in [3.8, 4) is 0 Å². The van der Waals surface area contributed by atoms with Crippen LogP contribution in [0.25, 0.3) is 0 Å². The first-order valence-corrected chi connectivity index (χ1v) is 12.7. The third kappa shape index (κ3) is 4.48. The molecule has 14 heteroatoms. The number of alkyl halides is 3. The number of fused-ring (bicyclic) bond motifs is 1. The van der Waals surface area contributed by atoms with E-state index in [4.69, 9.17) is 0 Å². The summed E-state index contributed by atoms with van der Waals surface area (Å²) >= 11 is 0. The first-order chi connectivity index (χ1) is 19.8. The van der Waals surface area contributed by atoms with Crippen LogP contribution in [-0.2, 0) is 33.4 Å². The molecule has 2 fully saturated rings. The van der Waals surface area contributed by atoms with Crippen molar-refractivity contribution in [2.24, 2.45) is 11.8 Å². The first kappa shape index (κ1) is 28.5. The molecule has 5 rings (SSSR count). The highest BCUT2D eigenvalue weighted by atomic mass is 19.4. The fourth-order valence-electron chi connectivity index (χ4n) is 6.05. The second-order valence-corrected chi connectivity index (χ2v) is 10.2. The number of nitrogens with one attached hydrogen (secondary N) is 2. The SMILES string of the molecule is CN1C(=O)C2C(Cc3c[nH]c(=O)[nH]c3=O)N(C(=O)c3ccc(C(F)(F)F)cc3)C(Cc3ccccc3)(C(=O)O)C2C1=O. The van der Waals surface area contributed by atoms with Gasteiger partial charge in [-0.2, -0.15) is 13.2 Å². The van der Waals surface area contributed by atoms with Gasteiger partial charge in [-0.1, -0.05) is 30.3 Å². The number of nitrogens with zero attached hydrogens (tertiary/aromatic N) is 2. The third-order valence-corrected chi connectivity index (χ3v) is 7.95. The van der Waals surface area contributed by atoms with Crippen molar-refractivity contribution in [2.75, 3.05) is 7.05 Å². The molecule has 4 unspecified atom stereocenters. The van der Waals surface area contributed by atoms with E-state index in [1.165, 1.54) is 7.05 Å². The lowest BCUT2D eigenvalue weighted by atomic mass is 9.76. The summed E-state index contributed by atoms with van der Waals surface area (Å²) in [6, 6.07) is 9.74. The van der Waals surface area contributed by atoms with E-state index in [2.05, 4.69) is 4.98 Å². The van der Waals surface area contributed by atoms with Gasteiger partial charge in [0, 0.05) is 37.2 Å². The number of amides is 3. The molecule has 0 aliphatic carbocycles. The van der Waals surface area contributed by atoms with Gasteiger partial charge in [0.05, 0.1) is 23.4 Å². The molecule has 0 bridgehead atoms. The van der Waals surface area contributed by atoms with Crippen LogP contribution in [0.5, 0.6) is 0 Å². The van der Waals surface area contributed by atoms with E-state index in [0.717, 1.165) is 28.1 Å². The summed E-state index contributed by atoms with van der Waals surface area (Å²) in [6.45, 7) is 0. The predicted molar refractivity (Wildman–Crippen MR) is 138 cm³/mol. The van der Waals surface area contributed by atoms with Crippen LogP contribution >= 0.6 is 0 Å². The van der Waals surface area contributed by atoms with Gasteiger partial charge in [-0.25, -0.2) is 9.59 Å². The minimum atomic E-state index is -4.71. The van der Waals surface area contributed by atoms with Gasteiger partial charge in [-0.05, 0) is 29.8 Å². The fraction of sp³-hybridized carbons (Fsp3) is 0.286. The van der Waals surface area contributed by atoms with Crippen molar-refractivity contribution in [3.63, 3.8) is 0 Å². The molecule has 3 N–H and O–H groups in total. The molecule has 3 heterocycles. The minimum absolute atomic E-state index is 0.112. The Morgan fingerprint density at radius 2 is 1.62 bits per heavy atom. The summed E-state index contributed by atoms with van der Waals surface area (Å²) in [6.07, 6.45) is -4.53. The highest BCUT2D eigenvalue weighted by Gasteiger charge is 2.72. The van der Waals surface area contributed by atoms with Crippen LogP contribution in [0, 0.1) is 11.8 Å². The number of aromatic amines is 2. The number of aliphatic carboxylic acids is 1. The predicted octanol–water partition coefficient (Wildman–Crippen LogP) is 1.45. The van der Waals surface area contributed by atoms with Crippen molar-refractivity contribution >= 4 is 23.7 Å². The Hall–Kier alpha value is -5.01. The zero-order valence-corrected chi connectivity index (χ0v) is 21.8. The average Bonchev–Trinajstić information content (AvgIpc) is 3.35. The molecule has 1 aromatic heterocycles. The van der Waals surface area contributed by atoms with Gasteiger partial charge in [0.15, 0.2) is 5.54 Å². The number of rotatable bonds is 6. The number of imide groups is 1. The maximum absolute atomic E-state index is 14.2. The van der Waals surface area contributed by atoms with Crippen LogP contribution in [0.15, 0.2) is 70.4 Å². The normalized spacial score (nSPS) is 23.8. The molecule has 4 atom stereocenters. The zero-order valence-electron chi connectivity index (χ0n) is 21.8. The smallest absolute Gasteiger partial charge is 0.416 e. The summed E-state index contributed by atoms with van der Waals surface area (Å²) in [5.74, 6) is -7.30. The van der Waals surface area contributed by atoms with E-state index in [9.17, 15) is 47.0 Å². The van der Waals surface area contributed by atoms with Gasteiger partial charge in [-0.3, -0.25) is 29.1 Å². The molecule has 0 spiro atoms. The van der Waals surface area contributed by atoms with Gasteiger partial charge < -0.3 is 15.0 Å². The molecule has 0 radical (unpaired) electrons. The van der Waals surface area contributed by atoms with E-state index in [1.807, 2.05) is 4.98 Å². The van der Waals surface area contributed by atoms with Gasteiger partial charge >= 0.3 is 17.8 Å². The second-order valence-electron chi connectivity index (χ2n) is 10.2. The number of likely N-dealkylation sites (tertiary alicyclic amines) is 2. The lowest BCUT2D eigenvalue weighted by Crippen LogP contribution is -2.62. The molecular formula is C28H23F3N4O7. The van der Waals surface area contributed by atoms with Crippen molar-refractivity contribution in [3.05, 3.63) is 104 Å². The van der Waals surface area contributed by atoms with Gasteiger partial charge in [-0.15, -0.1) is 0 Å². The summed E-state index contributed by atoms with van der Waals surface area (Å²) in [7, 11) is 1.18. The molecular weight excluding hydrogens is 561 g/mol. The fourth-order valence-corrected chi connectivity index (χ4v) is 6.05. The van der Waals surface area contributed by atoms with Gasteiger partial charge in [0.25, 0.3) is 11.5 Å². The van der Waals surface area contributed by atoms with E-state index in [1.54, 1.807) is 30.3 Å². The van der Waals surface area contributed by atoms with E-state index >= 15 is 0 Å². The van der Waals surface area contributed by atoms with Gasteiger partial charge in [0.1, 0.15) is 0 Å². The summed E-state index contributed by atoms with van der Waals surface area (Å²) in [4.78, 5) is 84.7. The number of carboxylic acids is 1. The molecule has 0 saturated carbocycles. The van der Waals surface area contributed by atoms with Crippen LogP contribution in [0.4, 0.5) is 13.2 Å². The number of hydrogen-bond donors (Lipinski definition) is 3. The number of carboxylic acid groups (broad SMARTS) is 1. The number of carbonyl (C=O) groups is 4. The summed E-state index contributed by atoms with van der Waals surface area (Å²) in [5, 5.41) is 10.8. The highest BCUT2D eigenvalue weighted by molar-refractivity contribution is 6.11. The number of benzene rings is 2. The molecule has 2 saturated heterocycles. The number of halogens is 3. The van der Waals surface area contributed by atoms with Crippen molar-refractivity contribution < 1.29 is 37.5 Å². The number of hydrogen-bond acceptors (Lipinski definition) is 6. The number of H-pyrrole nitrogens is 2. The van der Waals surface area contributed by atoms with Crippen LogP contribution in [0.2, 0.25) is 0 Å². The Kier molecular flexibility index (Phi) is 6.87. The molecule has 3 amide bonds. The standard InChI is InChI=1S/C28H23F3N4O7/c1-34-23(38)19-18(11-16-13-32-26(42)33-21(16)36)35(22(37)15-7-9-17(10-8-15)28(29,30)31)27(25(40)41,20(19)24(34)39)12-14-5-3-2-4-6-14/h2-10,13,18-20H,11-12H2,1H3,(H,40,41)(H2,32,33,36,42). The average molecular weight is 585 g/mol. The quantitative estimate of drug-likeness (QED) is 0.370. The highest BCUT2D eigenvalue weighted by Crippen LogP contribution is 2.51. The molecule has 218 valence electrons. The van der Waals surface area contributed by atoms with Crippen LogP contribution in [-0.4, -0.2) is 67.2 Å². The van der Waals surface area contributed by atoms with Crippen molar-refractivity contribution in [1.29, 1.82) is 0 Å². The Morgan fingerprint density at radius 3 is 2.19 bits per heavy atom. The Morgan fingerprint density at radius 1 is 0.976 bits per heavy atom. The molecule has 2 aliphatic rings. The van der Waals surface area contributed by atoms with Crippen molar-refractivity contribution in [1.82, 2.24) is 19.8 Å². The first-order valence-electron chi connectivity index (χ1n) is 12.7. The lowest BCUT2D eigenvalue weighted by Gasteiger charge is -2.41. The molecule has 11 nitrogen and oxygen atoms in total. The monoisotopic (exact) mass is 584 g/mol. The van der Waals surface area contributed by atoms with E-state index in [0.29, 0.717) is 17.7 Å². The molecule has 3 aromatic rings. The lowest BCUT2D eigenvalue weighted by molar-refractivity contribution is -0.156. The third-order valence-electron chi connectivity index (χ3n) is 7.95. The van der Waals surface area contributed by atoms with E-state index in [-0.39, 0.29) is 11.1 Å². The molecule has 2 aliphatic heterocycles. The van der Waals surface area contributed by atoms with Crippen LogP contribution in [0.3, 0.4) is 0 Å². The second kappa shape index (κ2) is 10.1. The maximum atomic E-state index is 14.2. The zero-order chi connectivity index (χ0) is 30.6. The minimum Gasteiger partial charge on any atom is -0.479 e. The number of aromatic nitrogens is 2. The summed E-state index contributed by atoms with van der Waals surface area (Å²) < 4.78 is 39.7.